The molecular weight excluding hydrogens is 510 g/mol. The van der Waals surface area contributed by atoms with Gasteiger partial charge in [-0.3, -0.25) is 9.79 Å². The van der Waals surface area contributed by atoms with E-state index in [4.69, 9.17) is 4.74 Å². The Morgan fingerprint density at radius 3 is 2.35 bits per heavy atom. The SMILES string of the molecule is CN=C(NCc1ccc(Oc2ccc(F)cc2)cc1)NC1CCN(C(=O)C(C)C)C1.I. The molecule has 0 aliphatic carbocycles. The van der Waals surface area contributed by atoms with Gasteiger partial charge in [0.25, 0.3) is 0 Å². The number of hydrogen-bond donors (Lipinski definition) is 2. The molecule has 1 atom stereocenters. The summed E-state index contributed by atoms with van der Waals surface area (Å²) in [5.74, 6) is 1.93. The van der Waals surface area contributed by atoms with Gasteiger partial charge in [-0.05, 0) is 48.4 Å². The third kappa shape index (κ3) is 7.37. The molecule has 8 heteroatoms. The number of amides is 1. The van der Waals surface area contributed by atoms with Gasteiger partial charge in [-0.1, -0.05) is 26.0 Å². The van der Waals surface area contributed by atoms with Crippen molar-refractivity contribution in [3.05, 3.63) is 59.9 Å². The number of aliphatic imine (C=N–C) groups is 1. The van der Waals surface area contributed by atoms with E-state index in [2.05, 4.69) is 15.6 Å². The molecule has 2 aromatic rings. The van der Waals surface area contributed by atoms with Crippen molar-refractivity contribution in [2.75, 3.05) is 20.1 Å². The summed E-state index contributed by atoms with van der Waals surface area (Å²) < 4.78 is 18.7. The normalized spacial score (nSPS) is 16.1. The Morgan fingerprint density at radius 1 is 1.16 bits per heavy atom. The zero-order valence-electron chi connectivity index (χ0n) is 18.1. The second-order valence-corrected chi connectivity index (χ2v) is 7.69. The molecule has 2 N–H and O–H groups in total. The molecule has 0 aromatic heterocycles. The minimum absolute atomic E-state index is 0. The first-order valence-corrected chi connectivity index (χ1v) is 10.2. The standard InChI is InChI=1S/C23H29FN4O2.HI/c1-16(2)22(29)28-13-12-19(15-28)27-23(25-3)26-14-17-4-8-20(9-5-17)30-21-10-6-18(24)7-11-21;/h4-11,16,19H,12-15H2,1-3H3,(H2,25,26,27);1H. The molecule has 1 fully saturated rings. The number of carbonyl (C=O) groups is 1. The van der Waals surface area contributed by atoms with Crippen molar-refractivity contribution < 1.29 is 13.9 Å². The van der Waals surface area contributed by atoms with Crippen molar-refractivity contribution in [2.24, 2.45) is 10.9 Å². The Hall–Kier alpha value is -2.36. The molecule has 3 rings (SSSR count). The highest BCUT2D eigenvalue weighted by Crippen LogP contribution is 2.21. The van der Waals surface area contributed by atoms with Crippen LogP contribution in [0.15, 0.2) is 53.5 Å². The number of nitrogens with one attached hydrogen (secondary N) is 2. The van der Waals surface area contributed by atoms with Gasteiger partial charge < -0.3 is 20.3 Å². The minimum Gasteiger partial charge on any atom is -0.457 e. The van der Waals surface area contributed by atoms with E-state index in [-0.39, 0.29) is 47.7 Å². The fourth-order valence-electron chi connectivity index (χ4n) is 3.33. The van der Waals surface area contributed by atoms with E-state index in [1.54, 1.807) is 19.2 Å². The van der Waals surface area contributed by atoms with E-state index in [1.165, 1.54) is 12.1 Å². The highest BCUT2D eigenvalue weighted by molar-refractivity contribution is 14.0. The van der Waals surface area contributed by atoms with Gasteiger partial charge in [-0.2, -0.15) is 0 Å². The van der Waals surface area contributed by atoms with Crippen LogP contribution in [0.1, 0.15) is 25.8 Å². The monoisotopic (exact) mass is 540 g/mol. The quantitative estimate of drug-likeness (QED) is 0.328. The van der Waals surface area contributed by atoms with Gasteiger partial charge in [0.15, 0.2) is 5.96 Å². The van der Waals surface area contributed by atoms with E-state index in [1.807, 2.05) is 43.0 Å². The lowest BCUT2D eigenvalue weighted by atomic mass is 10.2. The molecule has 0 radical (unpaired) electrons. The first kappa shape index (κ1) is 24.9. The van der Waals surface area contributed by atoms with Crippen molar-refractivity contribution in [3.63, 3.8) is 0 Å². The smallest absolute Gasteiger partial charge is 0.225 e. The molecule has 0 saturated carbocycles. The molecule has 1 unspecified atom stereocenters. The van der Waals surface area contributed by atoms with Crippen LogP contribution in [0, 0.1) is 11.7 Å². The van der Waals surface area contributed by atoms with Crippen LogP contribution >= 0.6 is 24.0 Å². The summed E-state index contributed by atoms with van der Waals surface area (Å²) in [4.78, 5) is 18.3. The van der Waals surface area contributed by atoms with Gasteiger partial charge in [0, 0.05) is 38.6 Å². The van der Waals surface area contributed by atoms with Crippen molar-refractivity contribution in [1.82, 2.24) is 15.5 Å². The van der Waals surface area contributed by atoms with Gasteiger partial charge in [0.05, 0.1) is 0 Å². The predicted molar refractivity (Wildman–Crippen MR) is 131 cm³/mol. The summed E-state index contributed by atoms with van der Waals surface area (Å²) in [6.07, 6.45) is 0.911. The Bertz CT molecular complexity index is 872. The fraction of sp³-hybridized carbons (Fsp3) is 0.391. The number of rotatable bonds is 6. The minimum atomic E-state index is -0.289. The molecular formula is C23H30FIN4O2. The third-order valence-electron chi connectivity index (χ3n) is 4.99. The van der Waals surface area contributed by atoms with Crippen LogP contribution in [0.2, 0.25) is 0 Å². The number of hydrogen-bond acceptors (Lipinski definition) is 3. The number of guanidine groups is 1. The van der Waals surface area contributed by atoms with E-state index < -0.39 is 0 Å². The molecule has 1 heterocycles. The Balaban J connectivity index is 0.00000341. The van der Waals surface area contributed by atoms with Crippen molar-refractivity contribution >= 4 is 35.8 Å². The molecule has 168 valence electrons. The van der Waals surface area contributed by atoms with Crippen molar-refractivity contribution in [2.45, 2.75) is 32.9 Å². The maximum atomic E-state index is 13.0. The van der Waals surface area contributed by atoms with Gasteiger partial charge in [-0.15, -0.1) is 24.0 Å². The van der Waals surface area contributed by atoms with Crippen LogP contribution < -0.4 is 15.4 Å². The van der Waals surface area contributed by atoms with E-state index in [0.29, 0.717) is 30.5 Å². The highest BCUT2D eigenvalue weighted by Gasteiger charge is 2.27. The number of carbonyl (C=O) groups excluding carboxylic acids is 1. The molecule has 1 aliphatic rings. The van der Waals surface area contributed by atoms with E-state index >= 15 is 0 Å². The lowest BCUT2D eigenvalue weighted by Gasteiger charge is -2.20. The summed E-state index contributed by atoms with van der Waals surface area (Å²) in [5, 5.41) is 6.71. The van der Waals surface area contributed by atoms with Crippen LogP contribution in [0.5, 0.6) is 11.5 Å². The lowest BCUT2D eigenvalue weighted by molar-refractivity contribution is -0.133. The number of benzene rings is 2. The summed E-state index contributed by atoms with van der Waals surface area (Å²) >= 11 is 0. The van der Waals surface area contributed by atoms with Crippen molar-refractivity contribution in [1.29, 1.82) is 0 Å². The first-order chi connectivity index (χ1) is 14.4. The van der Waals surface area contributed by atoms with Gasteiger partial charge in [0.2, 0.25) is 5.91 Å². The lowest BCUT2D eigenvalue weighted by Crippen LogP contribution is -2.45. The third-order valence-corrected chi connectivity index (χ3v) is 4.99. The largest absolute Gasteiger partial charge is 0.457 e. The average molecular weight is 540 g/mol. The first-order valence-electron chi connectivity index (χ1n) is 10.2. The van der Waals surface area contributed by atoms with Gasteiger partial charge in [0.1, 0.15) is 17.3 Å². The second-order valence-electron chi connectivity index (χ2n) is 7.69. The Morgan fingerprint density at radius 2 is 1.77 bits per heavy atom. The maximum Gasteiger partial charge on any atom is 0.225 e. The second kappa shape index (κ2) is 11.9. The molecule has 1 saturated heterocycles. The van der Waals surface area contributed by atoms with Crippen LogP contribution in [0.3, 0.4) is 0 Å². The van der Waals surface area contributed by atoms with Crippen LogP contribution in [-0.2, 0) is 11.3 Å². The summed E-state index contributed by atoms with van der Waals surface area (Å²) in [7, 11) is 1.74. The summed E-state index contributed by atoms with van der Waals surface area (Å²) in [5.41, 5.74) is 1.08. The topological polar surface area (TPSA) is 66.0 Å². The Kier molecular flexibility index (Phi) is 9.54. The van der Waals surface area contributed by atoms with Crippen LogP contribution in [0.25, 0.3) is 0 Å². The number of ether oxygens (including phenoxy) is 1. The number of halogens is 2. The molecule has 2 aromatic carbocycles. The predicted octanol–water partition coefficient (Wildman–Crippen LogP) is 4.16. The molecule has 0 spiro atoms. The zero-order chi connectivity index (χ0) is 21.5. The van der Waals surface area contributed by atoms with Crippen LogP contribution in [0.4, 0.5) is 4.39 Å². The molecule has 0 bridgehead atoms. The van der Waals surface area contributed by atoms with Crippen molar-refractivity contribution in [3.8, 4) is 11.5 Å². The summed E-state index contributed by atoms with van der Waals surface area (Å²) in [6.45, 7) is 5.95. The van der Waals surface area contributed by atoms with Gasteiger partial charge >= 0.3 is 0 Å². The summed E-state index contributed by atoms with van der Waals surface area (Å²) in [6, 6.07) is 13.8. The Labute approximate surface area is 200 Å². The van der Waals surface area contributed by atoms with Gasteiger partial charge in [-0.25, -0.2) is 4.39 Å². The number of likely N-dealkylation sites (tertiary alicyclic amines) is 1. The van der Waals surface area contributed by atoms with E-state index in [9.17, 15) is 9.18 Å². The zero-order valence-corrected chi connectivity index (χ0v) is 20.4. The molecule has 1 amide bonds. The highest BCUT2D eigenvalue weighted by atomic mass is 127. The van der Waals surface area contributed by atoms with Crippen LogP contribution in [-0.4, -0.2) is 42.9 Å². The molecule has 6 nitrogen and oxygen atoms in total. The van der Waals surface area contributed by atoms with E-state index in [0.717, 1.165) is 18.5 Å². The average Bonchev–Trinajstić information content (AvgIpc) is 3.21. The maximum absolute atomic E-state index is 13.0. The number of nitrogens with zero attached hydrogens (tertiary/aromatic N) is 2. The molecule has 31 heavy (non-hydrogen) atoms. The molecule has 1 aliphatic heterocycles. The fourth-order valence-corrected chi connectivity index (χ4v) is 3.33.